The summed E-state index contributed by atoms with van der Waals surface area (Å²) >= 11 is 3.33. The smallest absolute Gasteiger partial charge is 0.341 e. The maximum atomic E-state index is 13.4. The topological polar surface area (TPSA) is 55.4 Å². The number of hydrogen-bond donors (Lipinski definition) is 1. The van der Waals surface area contributed by atoms with E-state index < -0.39 is 24.3 Å². The summed E-state index contributed by atoms with van der Waals surface area (Å²) in [7, 11) is 0. The summed E-state index contributed by atoms with van der Waals surface area (Å²) in [6, 6.07) is 10.8. The maximum absolute atomic E-state index is 13.4. The van der Waals surface area contributed by atoms with Crippen LogP contribution in [0.5, 0.6) is 0 Å². The number of nitrogens with one attached hydrogen (secondary N) is 1. The minimum absolute atomic E-state index is 0.199. The number of hydrogen-bond acceptors (Lipinski definition) is 3. The summed E-state index contributed by atoms with van der Waals surface area (Å²) in [6.07, 6.45) is 0. The van der Waals surface area contributed by atoms with Gasteiger partial charge in [-0.25, -0.2) is 9.18 Å². The molecule has 4 nitrogen and oxygen atoms in total. The lowest BCUT2D eigenvalue weighted by atomic mass is 10.2. The highest BCUT2D eigenvalue weighted by Gasteiger charge is 2.14. The Hall–Kier alpha value is -2.21. The fourth-order valence-electron chi connectivity index (χ4n) is 1.79. The van der Waals surface area contributed by atoms with Gasteiger partial charge in [0.15, 0.2) is 6.61 Å². The van der Waals surface area contributed by atoms with Crippen molar-refractivity contribution in [3.63, 3.8) is 0 Å². The molecule has 0 aliphatic carbocycles. The number of rotatable bonds is 4. The van der Waals surface area contributed by atoms with Gasteiger partial charge >= 0.3 is 5.97 Å². The molecular weight excluding hydrogens is 353 g/mol. The lowest BCUT2D eigenvalue weighted by Crippen LogP contribution is -2.21. The quantitative estimate of drug-likeness (QED) is 0.840. The second kappa shape index (κ2) is 7.17. The van der Waals surface area contributed by atoms with Crippen LogP contribution in [-0.4, -0.2) is 18.5 Å². The molecule has 0 aliphatic rings. The van der Waals surface area contributed by atoms with Gasteiger partial charge in [-0.05, 0) is 42.8 Å². The molecule has 0 saturated heterocycles. The van der Waals surface area contributed by atoms with E-state index in [0.717, 1.165) is 16.1 Å². The van der Waals surface area contributed by atoms with E-state index in [4.69, 9.17) is 4.74 Å². The Labute approximate surface area is 135 Å². The van der Waals surface area contributed by atoms with Crippen molar-refractivity contribution in [1.82, 2.24) is 0 Å². The van der Waals surface area contributed by atoms with E-state index in [1.807, 2.05) is 13.0 Å². The SMILES string of the molecule is Cc1cc(Br)ccc1NC(=O)COC(=O)c1ccccc1F. The summed E-state index contributed by atoms with van der Waals surface area (Å²) in [5, 5.41) is 2.63. The third-order valence-corrected chi connectivity index (χ3v) is 3.38. The molecule has 114 valence electrons. The number of amides is 1. The van der Waals surface area contributed by atoms with Gasteiger partial charge < -0.3 is 10.1 Å². The van der Waals surface area contributed by atoms with Crippen molar-refractivity contribution in [2.75, 3.05) is 11.9 Å². The van der Waals surface area contributed by atoms with E-state index in [1.165, 1.54) is 18.2 Å². The van der Waals surface area contributed by atoms with Gasteiger partial charge in [0.05, 0.1) is 5.56 Å². The van der Waals surface area contributed by atoms with Crippen LogP contribution in [-0.2, 0) is 9.53 Å². The Morgan fingerprint density at radius 1 is 1.23 bits per heavy atom. The zero-order chi connectivity index (χ0) is 16.1. The van der Waals surface area contributed by atoms with Crippen LogP contribution in [0, 0.1) is 12.7 Å². The third-order valence-electron chi connectivity index (χ3n) is 2.89. The lowest BCUT2D eigenvalue weighted by molar-refractivity contribution is -0.119. The van der Waals surface area contributed by atoms with E-state index in [9.17, 15) is 14.0 Å². The number of carbonyl (C=O) groups excluding carboxylic acids is 2. The average molecular weight is 366 g/mol. The van der Waals surface area contributed by atoms with Gasteiger partial charge in [-0.2, -0.15) is 0 Å². The van der Waals surface area contributed by atoms with Crippen LogP contribution in [0.15, 0.2) is 46.9 Å². The Bertz CT molecular complexity index is 718. The van der Waals surface area contributed by atoms with Crippen LogP contribution in [0.2, 0.25) is 0 Å². The molecule has 6 heteroatoms. The van der Waals surface area contributed by atoms with Crippen molar-refractivity contribution < 1.29 is 18.7 Å². The van der Waals surface area contributed by atoms with Crippen LogP contribution >= 0.6 is 15.9 Å². The fourth-order valence-corrected chi connectivity index (χ4v) is 2.26. The van der Waals surface area contributed by atoms with Crippen molar-refractivity contribution in [2.24, 2.45) is 0 Å². The van der Waals surface area contributed by atoms with E-state index >= 15 is 0 Å². The van der Waals surface area contributed by atoms with Crippen molar-refractivity contribution in [2.45, 2.75) is 6.92 Å². The second-order valence-corrected chi connectivity index (χ2v) is 5.48. The highest BCUT2D eigenvalue weighted by Crippen LogP contribution is 2.19. The monoisotopic (exact) mass is 365 g/mol. The highest BCUT2D eigenvalue weighted by atomic mass is 79.9. The Morgan fingerprint density at radius 2 is 1.95 bits per heavy atom. The summed E-state index contributed by atoms with van der Waals surface area (Å²) in [6.45, 7) is 1.36. The first kappa shape index (κ1) is 16.2. The summed E-state index contributed by atoms with van der Waals surface area (Å²) in [5.41, 5.74) is 1.29. The zero-order valence-electron chi connectivity index (χ0n) is 11.7. The van der Waals surface area contributed by atoms with Gasteiger partial charge in [-0.15, -0.1) is 0 Å². The summed E-state index contributed by atoms with van der Waals surface area (Å²) in [5.74, 6) is -2.05. The Morgan fingerprint density at radius 3 is 2.64 bits per heavy atom. The van der Waals surface area contributed by atoms with Gasteiger partial charge in [0, 0.05) is 10.2 Å². The predicted molar refractivity (Wildman–Crippen MR) is 84.2 cm³/mol. The van der Waals surface area contributed by atoms with E-state index in [1.54, 1.807) is 12.1 Å². The molecule has 0 saturated carbocycles. The van der Waals surface area contributed by atoms with Crippen LogP contribution in [0.3, 0.4) is 0 Å². The van der Waals surface area contributed by atoms with Crippen LogP contribution < -0.4 is 5.32 Å². The Balaban J connectivity index is 1.93. The molecule has 1 N–H and O–H groups in total. The van der Waals surface area contributed by atoms with Crippen molar-refractivity contribution in [1.29, 1.82) is 0 Å². The van der Waals surface area contributed by atoms with E-state index in [-0.39, 0.29) is 5.56 Å². The first-order chi connectivity index (χ1) is 10.5. The molecule has 0 aromatic heterocycles. The minimum Gasteiger partial charge on any atom is -0.452 e. The number of carbonyl (C=O) groups is 2. The average Bonchev–Trinajstić information content (AvgIpc) is 2.48. The van der Waals surface area contributed by atoms with Gasteiger partial charge in [0.2, 0.25) is 0 Å². The molecule has 0 unspecified atom stereocenters. The predicted octanol–water partition coefficient (Wildman–Crippen LogP) is 3.69. The number of esters is 1. The lowest BCUT2D eigenvalue weighted by Gasteiger charge is -2.09. The fraction of sp³-hybridized carbons (Fsp3) is 0.125. The first-order valence-electron chi connectivity index (χ1n) is 6.45. The number of anilines is 1. The minimum atomic E-state index is -0.874. The summed E-state index contributed by atoms with van der Waals surface area (Å²) in [4.78, 5) is 23.5. The normalized spacial score (nSPS) is 10.1. The first-order valence-corrected chi connectivity index (χ1v) is 7.24. The number of aryl methyl sites for hydroxylation is 1. The van der Waals surface area contributed by atoms with E-state index in [0.29, 0.717) is 5.69 Å². The Kier molecular flexibility index (Phi) is 5.27. The molecule has 2 aromatic carbocycles. The molecule has 1 amide bonds. The second-order valence-electron chi connectivity index (χ2n) is 4.56. The third kappa shape index (κ3) is 4.14. The van der Waals surface area contributed by atoms with Gasteiger partial charge in [-0.1, -0.05) is 28.1 Å². The van der Waals surface area contributed by atoms with Gasteiger partial charge in [0.25, 0.3) is 5.91 Å². The molecule has 0 aliphatic heterocycles. The summed E-state index contributed by atoms with van der Waals surface area (Å²) < 4.78 is 19.1. The van der Waals surface area contributed by atoms with Crippen molar-refractivity contribution >= 4 is 33.5 Å². The highest BCUT2D eigenvalue weighted by molar-refractivity contribution is 9.10. The van der Waals surface area contributed by atoms with E-state index in [2.05, 4.69) is 21.2 Å². The largest absolute Gasteiger partial charge is 0.452 e. The van der Waals surface area contributed by atoms with Crippen LogP contribution in [0.1, 0.15) is 15.9 Å². The van der Waals surface area contributed by atoms with Gasteiger partial charge in [0.1, 0.15) is 5.82 Å². The number of benzene rings is 2. The standard InChI is InChI=1S/C16H13BrFNO3/c1-10-8-11(17)6-7-14(10)19-15(20)9-22-16(21)12-4-2-3-5-13(12)18/h2-8H,9H2,1H3,(H,19,20). The molecule has 0 bridgehead atoms. The van der Waals surface area contributed by atoms with Gasteiger partial charge in [-0.3, -0.25) is 4.79 Å². The van der Waals surface area contributed by atoms with Crippen LogP contribution in [0.4, 0.5) is 10.1 Å². The zero-order valence-corrected chi connectivity index (χ0v) is 13.3. The van der Waals surface area contributed by atoms with Crippen molar-refractivity contribution in [3.8, 4) is 0 Å². The molecule has 0 heterocycles. The van der Waals surface area contributed by atoms with Crippen molar-refractivity contribution in [3.05, 3.63) is 63.9 Å². The molecule has 2 aromatic rings. The number of ether oxygens (including phenoxy) is 1. The molecular formula is C16H13BrFNO3. The molecule has 0 fully saturated rings. The molecule has 22 heavy (non-hydrogen) atoms. The van der Waals surface area contributed by atoms with Crippen LogP contribution in [0.25, 0.3) is 0 Å². The maximum Gasteiger partial charge on any atom is 0.341 e. The number of halogens is 2. The molecule has 0 spiro atoms. The molecule has 0 atom stereocenters. The molecule has 2 rings (SSSR count). The molecule has 0 radical (unpaired) electrons.